The van der Waals surface area contributed by atoms with E-state index in [4.69, 9.17) is 15.7 Å². The van der Waals surface area contributed by atoms with E-state index < -0.39 is 0 Å². The lowest BCUT2D eigenvalue weighted by Gasteiger charge is -2.13. The zero-order chi connectivity index (χ0) is 20.1. The highest BCUT2D eigenvalue weighted by atomic mass is 32.2. The molecule has 0 amide bonds. The van der Waals surface area contributed by atoms with Crippen molar-refractivity contribution in [3.05, 3.63) is 53.0 Å². The largest absolute Gasteiger partial charge is 0.495 e. The summed E-state index contributed by atoms with van der Waals surface area (Å²) in [5.74, 6) is 0.985. The molecule has 1 aromatic carbocycles. The summed E-state index contributed by atoms with van der Waals surface area (Å²) in [6.45, 7) is 1.54. The van der Waals surface area contributed by atoms with Crippen LogP contribution in [0.3, 0.4) is 0 Å². The van der Waals surface area contributed by atoms with Gasteiger partial charge >= 0.3 is 0 Å². The molecular formula is C19H17N5O2S2. The van der Waals surface area contributed by atoms with Gasteiger partial charge in [-0.05, 0) is 30.5 Å². The second kappa shape index (κ2) is 8.73. The Morgan fingerprint density at radius 1 is 1.32 bits per heavy atom. The van der Waals surface area contributed by atoms with E-state index in [0.717, 1.165) is 10.6 Å². The summed E-state index contributed by atoms with van der Waals surface area (Å²) in [4.78, 5) is 13.3. The number of para-hydroxylation sites is 2. The van der Waals surface area contributed by atoms with Crippen molar-refractivity contribution in [3.63, 3.8) is 0 Å². The van der Waals surface area contributed by atoms with Crippen molar-refractivity contribution in [1.29, 1.82) is 5.26 Å². The molecular weight excluding hydrogens is 394 g/mol. The SMILES string of the molecule is COc1ccccc1-n1c(SCC(=O)/C(C#N)=C(\C)N)nnc1-c1cccs1. The Kier molecular flexibility index (Phi) is 6.13. The molecule has 9 heteroatoms. The molecule has 0 fully saturated rings. The van der Waals surface area contributed by atoms with E-state index in [2.05, 4.69) is 10.2 Å². The number of thioether (sulfide) groups is 1. The minimum Gasteiger partial charge on any atom is -0.495 e. The Morgan fingerprint density at radius 2 is 2.11 bits per heavy atom. The second-order valence-corrected chi connectivity index (χ2v) is 7.56. The minimum absolute atomic E-state index is 0.0230. The summed E-state index contributed by atoms with van der Waals surface area (Å²) in [6.07, 6.45) is 0. The lowest BCUT2D eigenvalue weighted by molar-refractivity contribution is -0.112. The van der Waals surface area contributed by atoms with Crippen LogP contribution in [0.15, 0.2) is 58.2 Å². The van der Waals surface area contributed by atoms with Gasteiger partial charge in [0.05, 0.1) is 23.4 Å². The van der Waals surface area contributed by atoms with Crippen LogP contribution in [0, 0.1) is 11.3 Å². The first kappa shape index (κ1) is 19.7. The monoisotopic (exact) mass is 411 g/mol. The van der Waals surface area contributed by atoms with Crippen LogP contribution in [-0.2, 0) is 4.79 Å². The van der Waals surface area contributed by atoms with Crippen LogP contribution >= 0.6 is 23.1 Å². The molecule has 0 bridgehead atoms. The average Bonchev–Trinajstić information content (AvgIpc) is 3.36. The van der Waals surface area contributed by atoms with Gasteiger partial charge in [0.1, 0.15) is 17.4 Å². The average molecular weight is 412 g/mol. The van der Waals surface area contributed by atoms with Crippen LogP contribution in [0.5, 0.6) is 5.75 Å². The first-order valence-corrected chi connectivity index (χ1v) is 10.1. The number of nitrogens with two attached hydrogens (primary N) is 1. The normalized spacial score (nSPS) is 11.6. The Hall–Kier alpha value is -3.09. The summed E-state index contributed by atoms with van der Waals surface area (Å²) in [7, 11) is 1.60. The number of thiophene rings is 1. The van der Waals surface area contributed by atoms with Crippen molar-refractivity contribution in [2.45, 2.75) is 12.1 Å². The summed E-state index contributed by atoms with van der Waals surface area (Å²) in [6, 6.07) is 13.3. The quantitative estimate of drug-likeness (QED) is 0.360. The number of aromatic nitrogens is 3. The molecule has 3 aromatic rings. The summed E-state index contributed by atoms with van der Waals surface area (Å²) in [5.41, 5.74) is 6.56. The van der Waals surface area contributed by atoms with Crippen molar-refractivity contribution >= 4 is 28.9 Å². The van der Waals surface area contributed by atoms with Gasteiger partial charge in [0.25, 0.3) is 0 Å². The number of rotatable bonds is 7. The number of nitrogens with zero attached hydrogens (tertiary/aromatic N) is 4. The zero-order valence-corrected chi connectivity index (χ0v) is 16.9. The maximum atomic E-state index is 12.3. The molecule has 0 atom stereocenters. The van der Waals surface area contributed by atoms with Crippen LogP contribution < -0.4 is 10.5 Å². The highest BCUT2D eigenvalue weighted by molar-refractivity contribution is 7.99. The van der Waals surface area contributed by atoms with E-state index in [1.54, 1.807) is 18.4 Å². The number of hydrogen-bond donors (Lipinski definition) is 1. The zero-order valence-electron chi connectivity index (χ0n) is 15.2. The van der Waals surface area contributed by atoms with Gasteiger partial charge in [0.2, 0.25) is 0 Å². The maximum absolute atomic E-state index is 12.3. The highest BCUT2D eigenvalue weighted by Gasteiger charge is 2.21. The standard InChI is InChI=1S/C19H17N5O2S2/c1-12(21)13(10-20)15(25)11-28-19-23-22-18(17-8-5-9-27-17)24(19)14-6-3-4-7-16(14)26-2/h3-9H,11,21H2,1-2H3/b13-12+. The van der Waals surface area contributed by atoms with Crippen molar-refractivity contribution in [1.82, 2.24) is 14.8 Å². The molecule has 142 valence electrons. The first-order chi connectivity index (χ1) is 13.6. The Morgan fingerprint density at radius 3 is 2.75 bits per heavy atom. The number of allylic oxidation sites excluding steroid dienone is 2. The predicted octanol–water partition coefficient (Wildman–Crippen LogP) is 3.42. The van der Waals surface area contributed by atoms with Gasteiger partial charge < -0.3 is 10.5 Å². The number of hydrogen-bond acceptors (Lipinski definition) is 8. The number of methoxy groups -OCH3 is 1. The molecule has 0 aliphatic rings. The van der Waals surface area contributed by atoms with Gasteiger partial charge in [0.15, 0.2) is 16.8 Å². The molecule has 7 nitrogen and oxygen atoms in total. The maximum Gasteiger partial charge on any atom is 0.196 e. The summed E-state index contributed by atoms with van der Waals surface area (Å²) in [5, 5.41) is 20.2. The van der Waals surface area contributed by atoms with Gasteiger partial charge in [-0.2, -0.15) is 5.26 Å². The van der Waals surface area contributed by atoms with Crippen LogP contribution in [-0.4, -0.2) is 33.4 Å². The number of carbonyl (C=O) groups is 1. The van der Waals surface area contributed by atoms with Crippen LogP contribution in [0.1, 0.15) is 6.92 Å². The molecule has 2 heterocycles. The minimum atomic E-state index is -0.347. The molecule has 2 N–H and O–H groups in total. The number of nitriles is 1. The second-order valence-electron chi connectivity index (χ2n) is 5.67. The lowest BCUT2D eigenvalue weighted by Crippen LogP contribution is -2.11. The van der Waals surface area contributed by atoms with E-state index in [9.17, 15) is 4.79 Å². The fraction of sp³-hybridized carbons (Fsp3) is 0.158. The van der Waals surface area contributed by atoms with Crippen LogP contribution in [0.4, 0.5) is 0 Å². The number of ether oxygens (including phenoxy) is 1. The number of benzene rings is 1. The molecule has 0 unspecified atom stereocenters. The molecule has 0 spiro atoms. The fourth-order valence-electron chi connectivity index (χ4n) is 2.53. The van der Waals surface area contributed by atoms with Crippen molar-refractivity contribution in [2.75, 3.05) is 12.9 Å². The third-order valence-corrected chi connectivity index (χ3v) is 5.61. The molecule has 0 radical (unpaired) electrons. The third kappa shape index (κ3) is 3.93. The smallest absolute Gasteiger partial charge is 0.196 e. The first-order valence-electron chi connectivity index (χ1n) is 8.22. The number of ketones is 1. The van der Waals surface area contributed by atoms with Gasteiger partial charge in [-0.3, -0.25) is 9.36 Å². The lowest BCUT2D eigenvalue weighted by atomic mass is 10.2. The van der Waals surface area contributed by atoms with E-state index in [1.807, 2.05) is 52.4 Å². The van der Waals surface area contributed by atoms with Crippen molar-refractivity contribution < 1.29 is 9.53 Å². The Balaban J connectivity index is 2.02. The number of Topliss-reactive ketones (excluding diaryl/α,β-unsaturated/α-hetero) is 1. The van der Waals surface area contributed by atoms with E-state index in [0.29, 0.717) is 16.7 Å². The van der Waals surface area contributed by atoms with Crippen LogP contribution in [0.2, 0.25) is 0 Å². The van der Waals surface area contributed by atoms with Crippen LogP contribution in [0.25, 0.3) is 16.4 Å². The molecule has 0 saturated heterocycles. The van der Waals surface area contributed by atoms with Crippen molar-refractivity contribution in [2.24, 2.45) is 5.73 Å². The number of carbonyl (C=O) groups excluding carboxylic acids is 1. The van der Waals surface area contributed by atoms with E-state index in [-0.39, 0.29) is 22.8 Å². The van der Waals surface area contributed by atoms with Gasteiger partial charge in [-0.25, -0.2) is 0 Å². The molecule has 0 aliphatic carbocycles. The van der Waals surface area contributed by atoms with E-state index in [1.165, 1.54) is 18.7 Å². The molecule has 2 aromatic heterocycles. The molecule has 0 saturated carbocycles. The predicted molar refractivity (Wildman–Crippen MR) is 109 cm³/mol. The topological polar surface area (TPSA) is 107 Å². The fourth-order valence-corrected chi connectivity index (χ4v) is 4.05. The summed E-state index contributed by atoms with van der Waals surface area (Å²) >= 11 is 2.74. The summed E-state index contributed by atoms with van der Waals surface area (Å²) < 4.78 is 7.35. The molecule has 28 heavy (non-hydrogen) atoms. The van der Waals surface area contributed by atoms with Gasteiger partial charge in [-0.15, -0.1) is 21.5 Å². The molecule has 0 aliphatic heterocycles. The molecule has 3 rings (SSSR count). The third-order valence-electron chi connectivity index (χ3n) is 3.82. The van der Waals surface area contributed by atoms with Gasteiger partial charge in [-0.1, -0.05) is 30.0 Å². The van der Waals surface area contributed by atoms with E-state index >= 15 is 0 Å². The Bertz CT molecular complexity index is 1060. The Labute approximate surface area is 170 Å². The van der Waals surface area contributed by atoms with Gasteiger partial charge in [0, 0.05) is 5.70 Å². The van der Waals surface area contributed by atoms with Crippen molar-refractivity contribution in [3.8, 4) is 28.2 Å². The highest BCUT2D eigenvalue weighted by Crippen LogP contribution is 2.34.